The molecular formula is C14H11Cl2FN2S. The summed E-state index contributed by atoms with van der Waals surface area (Å²) in [6.45, 7) is 2.69. The van der Waals surface area contributed by atoms with Crippen LogP contribution < -0.4 is 0 Å². The number of halogens is 3. The average molecular weight is 329 g/mol. The molecule has 0 radical (unpaired) electrons. The van der Waals surface area contributed by atoms with E-state index in [-0.39, 0.29) is 10.9 Å². The molecule has 2 heterocycles. The van der Waals surface area contributed by atoms with Crippen molar-refractivity contribution in [2.75, 3.05) is 0 Å². The van der Waals surface area contributed by atoms with Gasteiger partial charge in [-0.25, -0.2) is 9.37 Å². The second kappa shape index (κ2) is 5.35. The van der Waals surface area contributed by atoms with E-state index in [0.717, 1.165) is 0 Å². The number of rotatable bonds is 3. The van der Waals surface area contributed by atoms with Gasteiger partial charge >= 0.3 is 0 Å². The van der Waals surface area contributed by atoms with Crippen LogP contribution in [0.15, 0.2) is 22.9 Å². The Morgan fingerprint density at radius 3 is 2.80 bits per heavy atom. The van der Waals surface area contributed by atoms with Crippen LogP contribution in [-0.4, -0.2) is 9.55 Å². The third kappa shape index (κ3) is 2.32. The molecule has 0 bridgehead atoms. The summed E-state index contributed by atoms with van der Waals surface area (Å²) in [5, 5.41) is 4.26. The van der Waals surface area contributed by atoms with Crippen LogP contribution >= 0.6 is 34.5 Å². The first kappa shape index (κ1) is 13.9. The lowest BCUT2D eigenvalue weighted by atomic mass is 10.2. The summed E-state index contributed by atoms with van der Waals surface area (Å²) >= 11 is 13.4. The quantitative estimate of drug-likeness (QED) is 0.619. The first-order valence-corrected chi connectivity index (χ1v) is 7.87. The van der Waals surface area contributed by atoms with Crippen molar-refractivity contribution in [2.24, 2.45) is 0 Å². The van der Waals surface area contributed by atoms with Gasteiger partial charge in [-0.05, 0) is 34.9 Å². The first-order valence-electron chi connectivity index (χ1n) is 6.02. The van der Waals surface area contributed by atoms with E-state index in [0.29, 0.717) is 23.4 Å². The fourth-order valence-electron chi connectivity index (χ4n) is 2.17. The smallest absolute Gasteiger partial charge is 0.144 e. The van der Waals surface area contributed by atoms with E-state index in [9.17, 15) is 4.39 Å². The third-order valence-corrected chi connectivity index (χ3v) is 4.72. The molecule has 0 atom stereocenters. The van der Waals surface area contributed by atoms with Gasteiger partial charge in [-0.15, -0.1) is 11.6 Å². The maximum absolute atomic E-state index is 13.7. The summed E-state index contributed by atoms with van der Waals surface area (Å²) in [6, 6.07) is 2.96. The van der Waals surface area contributed by atoms with Crippen molar-refractivity contribution in [1.29, 1.82) is 0 Å². The minimum Gasteiger partial charge on any atom is -0.322 e. The minimum absolute atomic E-state index is 0.0787. The van der Waals surface area contributed by atoms with Crippen LogP contribution in [0.5, 0.6) is 0 Å². The zero-order chi connectivity index (χ0) is 14.3. The molecule has 0 fully saturated rings. The molecule has 0 aliphatic carbocycles. The van der Waals surface area contributed by atoms with E-state index in [1.54, 1.807) is 17.4 Å². The van der Waals surface area contributed by atoms with Crippen LogP contribution in [-0.2, 0) is 12.4 Å². The number of hydrogen-bond donors (Lipinski definition) is 0. The van der Waals surface area contributed by atoms with Gasteiger partial charge in [0.15, 0.2) is 0 Å². The van der Waals surface area contributed by atoms with Crippen molar-refractivity contribution >= 4 is 45.6 Å². The number of imidazole rings is 1. The number of benzene rings is 1. The second-order valence-electron chi connectivity index (χ2n) is 4.58. The van der Waals surface area contributed by atoms with Gasteiger partial charge in [-0.2, -0.15) is 11.3 Å². The fourth-order valence-corrected chi connectivity index (χ4v) is 3.38. The van der Waals surface area contributed by atoms with E-state index in [2.05, 4.69) is 22.7 Å². The average Bonchev–Trinajstić information content (AvgIpc) is 2.96. The molecule has 2 nitrogen and oxygen atoms in total. The highest BCUT2D eigenvalue weighted by Crippen LogP contribution is 2.26. The van der Waals surface area contributed by atoms with E-state index >= 15 is 0 Å². The summed E-state index contributed by atoms with van der Waals surface area (Å²) in [5.74, 6) is 0.550. The Kier molecular flexibility index (Phi) is 3.71. The molecule has 0 unspecified atom stereocenters. The molecule has 0 N–H and O–H groups in total. The normalized spacial score (nSPS) is 11.4. The Labute approximate surface area is 129 Å². The molecule has 0 aliphatic rings. The minimum atomic E-state index is -0.441. The third-order valence-electron chi connectivity index (χ3n) is 3.28. The molecule has 0 saturated carbocycles. The highest BCUT2D eigenvalue weighted by atomic mass is 35.5. The molecule has 20 heavy (non-hydrogen) atoms. The second-order valence-corrected chi connectivity index (χ2v) is 6.00. The van der Waals surface area contributed by atoms with Gasteiger partial charge in [-0.1, -0.05) is 11.6 Å². The molecule has 104 valence electrons. The van der Waals surface area contributed by atoms with Crippen molar-refractivity contribution in [2.45, 2.75) is 19.3 Å². The Hall–Kier alpha value is -1.10. The zero-order valence-corrected chi connectivity index (χ0v) is 13.0. The standard InChI is InChI=1S/C14H11Cl2FN2S/c1-8-6-20-7-9(8)5-19-13-3-11(17)10(16)2-12(13)18-14(19)4-15/h2-3,6-7H,4-5H2,1H3. The molecule has 0 saturated heterocycles. The largest absolute Gasteiger partial charge is 0.322 e. The number of nitrogens with zero attached hydrogens (tertiary/aromatic N) is 2. The molecule has 6 heteroatoms. The highest BCUT2D eigenvalue weighted by Gasteiger charge is 2.14. The lowest BCUT2D eigenvalue weighted by Gasteiger charge is -2.08. The Morgan fingerprint density at radius 2 is 2.15 bits per heavy atom. The van der Waals surface area contributed by atoms with Gasteiger partial charge in [0.2, 0.25) is 0 Å². The van der Waals surface area contributed by atoms with Crippen molar-refractivity contribution in [3.63, 3.8) is 0 Å². The molecule has 3 aromatic rings. The summed E-state index contributed by atoms with van der Waals surface area (Å²) < 4.78 is 15.6. The number of aryl methyl sites for hydroxylation is 1. The van der Waals surface area contributed by atoms with Crippen LogP contribution in [0.2, 0.25) is 5.02 Å². The molecular weight excluding hydrogens is 318 g/mol. The SMILES string of the molecule is Cc1cscc1Cn1c(CCl)nc2cc(Cl)c(F)cc21. The molecule has 3 rings (SSSR count). The van der Waals surface area contributed by atoms with Crippen molar-refractivity contribution < 1.29 is 4.39 Å². The number of hydrogen-bond acceptors (Lipinski definition) is 2. The predicted octanol–water partition coefficient (Wildman–Crippen LogP) is 4.99. The van der Waals surface area contributed by atoms with Gasteiger partial charge in [0.05, 0.1) is 28.5 Å². The van der Waals surface area contributed by atoms with Crippen molar-refractivity contribution in [1.82, 2.24) is 9.55 Å². The molecule has 0 aliphatic heterocycles. The molecule has 0 amide bonds. The maximum Gasteiger partial charge on any atom is 0.144 e. The van der Waals surface area contributed by atoms with Crippen molar-refractivity contribution in [3.8, 4) is 0 Å². The van der Waals surface area contributed by atoms with Crippen LogP contribution in [0.4, 0.5) is 4.39 Å². The molecule has 0 spiro atoms. The summed E-state index contributed by atoms with van der Waals surface area (Å²) in [7, 11) is 0. The van der Waals surface area contributed by atoms with E-state index in [1.165, 1.54) is 17.2 Å². The maximum atomic E-state index is 13.7. The number of alkyl halides is 1. The van der Waals surface area contributed by atoms with Gasteiger partial charge in [0, 0.05) is 6.07 Å². The van der Waals surface area contributed by atoms with Crippen LogP contribution in [0.3, 0.4) is 0 Å². The highest BCUT2D eigenvalue weighted by molar-refractivity contribution is 7.08. The van der Waals surface area contributed by atoms with Gasteiger partial charge < -0.3 is 4.57 Å². The van der Waals surface area contributed by atoms with Crippen LogP contribution in [0.1, 0.15) is 17.0 Å². The molecule has 2 aromatic heterocycles. The van der Waals surface area contributed by atoms with Crippen LogP contribution in [0.25, 0.3) is 11.0 Å². The lowest BCUT2D eigenvalue weighted by molar-refractivity contribution is 0.628. The summed E-state index contributed by atoms with van der Waals surface area (Å²) in [6.07, 6.45) is 0. The number of thiophene rings is 1. The van der Waals surface area contributed by atoms with Crippen LogP contribution in [0, 0.1) is 12.7 Å². The monoisotopic (exact) mass is 328 g/mol. The van der Waals surface area contributed by atoms with Gasteiger partial charge in [0.25, 0.3) is 0 Å². The Morgan fingerprint density at radius 1 is 1.35 bits per heavy atom. The predicted molar refractivity (Wildman–Crippen MR) is 82.4 cm³/mol. The van der Waals surface area contributed by atoms with E-state index in [1.807, 2.05) is 4.57 Å². The zero-order valence-electron chi connectivity index (χ0n) is 10.7. The Balaban J connectivity index is 2.17. The first-order chi connectivity index (χ1) is 9.60. The summed E-state index contributed by atoms with van der Waals surface area (Å²) in [5.41, 5.74) is 3.79. The van der Waals surface area contributed by atoms with Gasteiger partial charge in [-0.3, -0.25) is 0 Å². The van der Waals surface area contributed by atoms with E-state index in [4.69, 9.17) is 23.2 Å². The lowest BCUT2D eigenvalue weighted by Crippen LogP contribution is -2.04. The fraction of sp³-hybridized carbons (Fsp3) is 0.214. The molecule has 1 aromatic carbocycles. The topological polar surface area (TPSA) is 17.8 Å². The number of fused-ring (bicyclic) bond motifs is 1. The van der Waals surface area contributed by atoms with E-state index < -0.39 is 5.82 Å². The van der Waals surface area contributed by atoms with Gasteiger partial charge in [0.1, 0.15) is 11.6 Å². The summed E-state index contributed by atoms with van der Waals surface area (Å²) in [4.78, 5) is 4.43. The van der Waals surface area contributed by atoms with Crippen molar-refractivity contribution in [3.05, 3.63) is 50.7 Å². The Bertz CT molecular complexity index is 779. The number of aromatic nitrogens is 2.